The van der Waals surface area contributed by atoms with Crippen molar-refractivity contribution in [2.75, 3.05) is 6.54 Å². The van der Waals surface area contributed by atoms with E-state index in [1.54, 1.807) is 0 Å². The zero-order valence-corrected chi connectivity index (χ0v) is 11.1. The van der Waals surface area contributed by atoms with Gasteiger partial charge in [0.15, 0.2) is 0 Å². The third-order valence-corrected chi connectivity index (χ3v) is 3.64. The van der Waals surface area contributed by atoms with E-state index in [2.05, 4.69) is 5.32 Å². The van der Waals surface area contributed by atoms with Crippen molar-refractivity contribution in [2.24, 2.45) is 5.92 Å². The second-order valence-electron chi connectivity index (χ2n) is 4.76. The lowest BCUT2D eigenvalue weighted by atomic mass is 10.1. The Morgan fingerprint density at radius 1 is 1.40 bits per heavy atom. The molecule has 0 aliphatic heterocycles. The molecule has 1 saturated carbocycles. The molecule has 0 heterocycles. The summed E-state index contributed by atoms with van der Waals surface area (Å²) in [4.78, 5) is 11.7. The third-order valence-electron chi connectivity index (χ3n) is 3.13. The minimum absolute atomic E-state index is 0.112. The Kier molecular flexibility index (Phi) is 4.22. The standard InChI is InChI=1S/C13H12ClF4NO/c14-10(7-1-2-7)6-19-12(20)9-5-8(13(16,17)18)3-4-11(9)15/h3-5,7,10H,1-2,6H2,(H,19,20). The molecule has 2 rings (SSSR count). The lowest BCUT2D eigenvalue weighted by molar-refractivity contribution is -0.137. The summed E-state index contributed by atoms with van der Waals surface area (Å²) in [7, 11) is 0. The van der Waals surface area contributed by atoms with Crippen molar-refractivity contribution in [1.82, 2.24) is 5.32 Å². The van der Waals surface area contributed by atoms with Crippen LogP contribution in [0.15, 0.2) is 18.2 Å². The molecule has 0 aromatic heterocycles. The highest BCUT2D eigenvalue weighted by molar-refractivity contribution is 6.21. The van der Waals surface area contributed by atoms with Gasteiger partial charge in [-0.3, -0.25) is 4.79 Å². The highest BCUT2D eigenvalue weighted by Gasteiger charge is 2.32. The van der Waals surface area contributed by atoms with Gasteiger partial charge in [0, 0.05) is 6.54 Å². The summed E-state index contributed by atoms with van der Waals surface area (Å²) in [6, 6.07) is 1.74. The minimum Gasteiger partial charge on any atom is -0.350 e. The van der Waals surface area contributed by atoms with Gasteiger partial charge in [-0.25, -0.2) is 4.39 Å². The van der Waals surface area contributed by atoms with Crippen molar-refractivity contribution >= 4 is 17.5 Å². The molecular weight excluding hydrogens is 298 g/mol. The maximum atomic E-state index is 13.4. The van der Waals surface area contributed by atoms with Gasteiger partial charge in [-0.1, -0.05) is 0 Å². The average Bonchev–Trinajstić information content (AvgIpc) is 3.18. The van der Waals surface area contributed by atoms with Crippen LogP contribution in [-0.4, -0.2) is 17.8 Å². The monoisotopic (exact) mass is 309 g/mol. The molecule has 1 amide bonds. The van der Waals surface area contributed by atoms with Gasteiger partial charge < -0.3 is 5.32 Å². The van der Waals surface area contributed by atoms with Crippen LogP contribution in [0.2, 0.25) is 0 Å². The van der Waals surface area contributed by atoms with E-state index in [0.717, 1.165) is 12.8 Å². The van der Waals surface area contributed by atoms with E-state index in [0.29, 0.717) is 24.1 Å². The third kappa shape index (κ3) is 3.62. The number of alkyl halides is 4. The molecule has 1 aromatic rings. The Bertz CT molecular complexity index is 514. The van der Waals surface area contributed by atoms with Crippen LogP contribution >= 0.6 is 11.6 Å². The van der Waals surface area contributed by atoms with Crippen LogP contribution in [0.4, 0.5) is 17.6 Å². The smallest absolute Gasteiger partial charge is 0.350 e. The van der Waals surface area contributed by atoms with E-state index >= 15 is 0 Å². The first-order valence-electron chi connectivity index (χ1n) is 6.08. The molecule has 0 radical (unpaired) electrons. The molecule has 1 aromatic carbocycles. The van der Waals surface area contributed by atoms with E-state index < -0.39 is 29.0 Å². The van der Waals surface area contributed by atoms with Crippen molar-refractivity contribution in [2.45, 2.75) is 24.4 Å². The number of carbonyl (C=O) groups excluding carboxylic acids is 1. The Morgan fingerprint density at radius 2 is 2.05 bits per heavy atom. The van der Waals surface area contributed by atoms with Crippen LogP contribution in [0.3, 0.4) is 0 Å². The molecule has 1 fully saturated rings. The molecule has 1 unspecified atom stereocenters. The SMILES string of the molecule is O=C(NCC(Cl)C1CC1)c1cc(C(F)(F)F)ccc1F. The summed E-state index contributed by atoms with van der Waals surface area (Å²) < 4.78 is 51.0. The van der Waals surface area contributed by atoms with Crippen LogP contribution in [0, 0.1) is 11.7 Å². The van der Waals surface area contributed by atoms with E-state index in [-0.39, 0.29) is 11.9 Å². The number of nitrogens with one attached hydrogen (secondary N) is 1. The number of hydrogen-bond acceptors (Lipinski definition) is 1. The molecule has 0 bridgehead atoms. The summed E-state index contributed by atoms with van der Waals surface area (Å²) in [5, 5.41) is 2.09. The van der Waals surface area contributed by atoms with Crippen molar-refractivity contribution in [3.63, 3.8) is 0 Å². The first kappa shape index (κ1) is 15.1. The molecule has 2 nitrogen and oxygen atoms in total. The Morgan fingerprint density at radius 3 is 2.60 bits per heavy atom. The van der Waals surface area contributed by atoms with Crippen molar-refractivity contribution < 1.29 is 22.4 Å². The van der Waals surface area contributed by atoms with Crippen LogP contribution in [0.1, 0.15) is 28.8 Å². The maximum absolute atomic E-state index is 13.4. The molecule has 1 aliphatic carbocycles. The molecule has 20 heavy (non-hydrogen) atoms. The lowest BCUT2D eigenvalue weighted by Gasteiger charge is -2.12. The van der Waals surface area contributed by atoms with Gasteiger partial charge in [-0.2, -0.15) is 13.2 Å². The minimum atomic E-state index is -4.62. The lowest BCUT2D eigenvalue weighted by Crippen LogP contribution is -2.31. The van der Waals surface area contributed by atoms with E-state index in [9.17, 15) is 22.4 Å². The highest BCUT2D eigenvalue weighted by atomic mass is 35.5. The normalized spacial score (nSPS) is 16.9. The Hall–Kier alpha value is -1.30. The summed E-state index contributed by atoms with van der Waals surface area (Å²) in [6.07, 6.45) is -2.67. The van der Waals surface area contributed by atoms with E-state index in [1.807, 2.05) is 0 Å². The van der Waals surface area contributed by atoms with Crippen LogP contribution < -0.4 is 5.32 Å². The molecule has 0 saturated heterocycles. The van der Waals surface area contributed by atoms with Gasteiger partial charge in [0.2, 0.25) is 0 Å². The summed E-state index contributed by atoms with van der Waals surface area (Å²) in [6.45, 7) is 0.112. The van der Waals surface area contributed by atoms with Gasteiger partial charge in [0.05, 0.1) is 16.5 Å². The van der Waals surface area contributed by atoms with Gasteiger partial charge in [0.25, 0.3) is 5.91 Å². The first-order chi connectivity index (χ1) is 9.29. The predicted molar refractivity (Wildman–Crippen MR) is 66.1 cm³/mol. The van der Waals surface area contributed by atoms with Gasteiger partial charge in [-0.05, 0) is 37.0 Å². The van der Waals surface area contributed by atoms with Crippen molar-refractivity contribution in [3.05, 3.63) is 35.1 Å². The van der Waals surface area contributed by atoms with E-state index in [4.69, 9.17) is 11.6 Å². The Labute approximate surface area is 118 Å². The summed E-state index contributed by atoms with van der Waals surface area (Å²) >= 11 is 5.96. The molecule has 7 heteroatoms. The molecule has 110 valence electrons. The van der Waals surface area contributed by atoms with Crippen molar-refractivity contribution in [3.8, 4) is 0 Å². The largest absolute Gasteiger partial charge is 0.416 e. The second kappa shape index (κ2) is 5.60. The average molecular weight is 310 g/mol. The number of carbonyl (C=O) groups is 1. The van der Waals surface area contributed by atoms with E-state index in [1.165, 1.54) is 0 Å². The van der Waals surface area contributed by atoms with Gasteiger partial charge in [0.1, 0.15) is 5.82 Å². The van der Waals surface area contributed by atoms with Crippen LogP contribution in [0.25, 0.3) is 0 Å². The van der Waals surface area contributed by atoms with Gasteiger partial charge >= 0.3 is 6.18 Å². The fourth-order valence-corrected chi connectivity index (χ4v) is 2.11. The highest BCUT2D eigenvalue weighted by Crippen LogP contribution is 2.35. The maximum Gasteiger partial charge on any atom is 0.416 e. The molecular formula is C13H12ClF4NO. The quantitative estimate of drug-likeness (QED) is 0.668. The molecule has 1 aliphatic rings. The van der Waals surface area contributed by atoms with Crippen LogP contribution in [-0.2, 0) is 6.18 Å². The topological polar surface area (TPSA) is 29.1 Å². The number of halogens is 5. The Balaban J connectivity index is 2.08. The zero-order chi connectivity index (χ0) is 14.9. The fourth-order valence-electron chi connectivity index (χ4n) is 1.79. The molecule has 0 spiro atoms. The zero-order valence-electron chi connectivity index (χ0n) is 10.3. The first-order valence-corrected chi connectivity index (χ1v) is 6.51. The number of hydrogen-bond donors (Lipinski definition) is 1. The molecule has 1 N–H and O–H groups in total. The predicted octanol–water partition coefficient (Wildman–Crippen LogP) is 3.59. The van der Waals surface area contributed by atoms with Crippen molar-refractivity contribution in [1.29, 1.82) is 0 Å². The summed E-state index contributed by atoms with van der Waals surface area (Å²) in [5.41, 5.74) is -1.69. The second-order valence-corrected chi connectivity index (χ2v) is 5.32. The summed E-state index contributed by atoms with van der Waals surface area (Å²) in [5.74, 6) is -1.56. The number of rotatable bonds is 4. The van der Waals surface area contributed by atoms with Crippen LogP contribution in [0.5, 0.6) is 0 Å². The number of benzene rings is 1. The number of amides is 1. The van der Waals surface area contributed by atoms with Gasteiger partial charge in [-0.15, -0.1) is 11.6 Å². The fraction of sp³-hybridized carbons (Fsp3) is 0.462. The molecule has 1 atom stereocenters.